The third kappa shape index (κ3) is 3.71. The molecule has 2 unspecified atom stereocenters. The Hall–Kier alpha value is -0.650. The van der Waals surface area contributed by atoms with Gasteiger partial charge in [-0.25, -0.2) is 0 Å². The van der Waals surface area contributed by atoms with E-state index in [1.165, 1.54) is 32.4 Å². The van der Waals surface area contributed by atoms with Crippen molar-refractivity contribution >= 4 is 5.97 Å². The van der Waals surface area contributed by atoms with E-state index < -0.39 is 11.5 Å². The highest BCUT2D eigenvalue weighted by Gasteiger charge is 2.32. The SMILES string of the molecule is CCC(N)(CCCN1CCCN2CCCC2C1)C(=O)O. The predicted octanol–water partition coefficient (Wildman–Crippen LogP) is 1.13. The molecule has 0 aromatic rings. The summed E-state index contributed by atoms with van der Waals surface area (Å²) < 4.78 is 0. The number of carbonyl (C=O) groups is 1. The Morgan fingerprint density at radius 3 is 2.80 bits per heavy atom. The molecule has 0 aliphatic carbocycles. The topological polar surface area (TPSA) is 69.8 Å². The molecule has 2 aliphatic heterocycles. The average molecular weight is 283 g/mol. The van der Waals surface area contributed by atoms with Gasteiger partial charge in [0.15, 0.2) is 0 Å². The first kappa shape index (κ1) is 15.7. The number of hydrogen-bond acceptors (Lipinski definition) is 4. The average Bonchev–Trinajstić information content (AvgIpc) is 2.77. The van der Waals surface area contributed by atoms with Gasteiger partial charge >= 0.3 is 5.97 Å². The first-order chi connectivity index (χ1) is 9.55. The van der Waals surface area contributed by atoms with Crippen molar-refractivity contribution in [1.29, 1.82) is 0 Å². The van der Waals surface area contributed by atoms with Crippen LogP contribution in [0.1, 0.15) is 45.4 Å². The molecule has 0 spiro atoms. The maximum atomic E-state index is 11.2. The van der Waals surface area contributed by atoms with Crippen LogP contribution in [0.4, 0.5) is 0 Å². The fraction of sp³-hybridized carbons (Fsp3) is 0.933. The van der Waals surface area contributed by atoms with E-state index in [2.05, 4.69) is 9.80 Å². The van der Waals surface area contributed by atoms with Crippen LogP contribution in [0.2, 0.25) is 0 Å². The molecule has 2 aliphatic rings. The molecule has 3 N–H and O–H groups in total. The number of nitrogens with two attached hydrogens (primary N) is 1. The van der Waals surface area contributed by atoms with Crippen molar-refractivity contribution in [3.05, 3.63) is 0 Å². The lowest BCUT2D eigenvalue weighted by molar-refractivity contribution is -0.143. The third-order valence-corrected chi connectivity index (χ3v) is 5.04. The third-order valence-electron chi connectivity index (χ3n) is 5.04. The summed E-state index contributed by atoms with van der Waals surface area (Å²) in [5, 5.41) is 9.19. The first-order valence-corrected chi connectivity index (χ1v) is 8.04. The van der Waals surface area contributed by atoms with Crippen LogP contribution in [0.15, 0.2) is 0 Å². The van der Waals surface area contributed by atoms with Crippen molar-refractivity contribution in [2.75, 3.05) is 32.7 Å². The van der Waals surface area contributed by atoms with Gasteiger partial charge in [-0.1, -0.05) is 6.92 Å². The molecular weight excluding hydrogens is 254 g/mol. The van der Waals surface area contributed by atoms with Gasteiger partial charge in [0.1, 0.15) is 5.54 Å². The van der Waals surface area contributed by atoms with E-state index in [1.807, 2.05) is 6.92 Å². The second-order valence-electron chi connectivity index (χ2n) is 6.40. The number of rotatable bonds is 6. The molecule has 2 rings (SSSR count). The van der Waals surface area contributed by atoms with Gasteiger partial charge in [0, 0.05) is 12.6 Å². The fourth-order valence-electron chi connectivity index (χ4n) is 3.54. The lowest BCUT2D eigenvalue weighted by Crippen LogP contribution is -2.48. The zero-order valence-electron chi connectivity index (χ0n) is 12.7. The minimum atomic E-state index is -1.04. The van der Waals surface area contributed by atoms with Crippen LogP contribution >= 0.6 is 0 Å². The second kappa shape index (κ2) is 6.87. The van der Waals surface area contributed by atoms with Gasteiger partial charge in [0.25, 0.3) is 0 Å². The van der Waals surface area contributed by atoms with Crippen LogP contribution < -0.4 is 5.73 Å². The Morgan fingerprint density at radius 2 is 2.10 bits per heavy atom. The maximum Gasteiger partial charge on any atom is 0.323 e. The second-order valence-corrected chi connectivity index (χ2v) is 6.40. The summed E-state index contributed by atoms with van der Waals surface area (Å²) in [7, 11) is 0. The minimum Gasteiger partial charge on any atom is -0.480 e. The van der Waals surface area contributed by atoms with Crippen LogP contribution in [0, 0.1) is 0 Å². The Labute approximate surface area is 122 Å². The molecule has 0 bridgehead atoms. The van der Waals surface area contributed by atoms with Gasteiger partial charge in [-0.2, -0.15) is 0 Å². The highest BCUT2D eigenvalue weighted by molar-refractivity contribution is 5.78. The van der Waals surface area contributed by atoms with E-state index in [0.717, 1.165) is 32.1 Å². The molecule has 5 heteroatoms. The number of carboxylic acids is 1. The number of hydrogen-bond donors (Lipinski definition) is 2. The van der Waals surface area contributed by atoms with Gasteiger partial charge in [0.05, 0.1) is 0 Å². The molecule has 2 fully saturated rings. The number of carboxylic acid groups (broad SMARTS) is 1. The van der Waals surface area contributed by atoms with Gasteiger partial charge in [-0.05, 0) is 64.7 Å². The van der Waals surface area contributed by atoms with E-state index in [1.54, 1.807) is 0 Å². The Bertz CT molecular complexity index is 337. The maximum absolute atomic E-state index is 11.2. The molecule has 0 aromatic heterocycles. The molecule has 2 saturated heterocycles. The number of fused-ring (bicyclic) bond motifs is 1. The zero-order valence-corrected chi connectivity index (χ0v) is 12.7. The summed E-state index contributed by atoms with van der Waals surface area (Å²) in [5.74, 6) is -0.863. The summed E-state index contributed by atoms with van der Waals surface area (Å²) in [6.45, 7) is 7.62. The van der Waals surface area contributed by atoms with Crippen molar-refractivity contribution in [2.24, 2.45) is 5.73 Å². The first-order valence-electron chi connectivity index (χ1n) is 8.04. The molecule has 0 amide bonds. The minimum absolute atomic E-state index is 0.499. The Kier molecular flexibility index (Phi) is 5.41. The molecule has 2 atom stereocenters. The van der Waals surface area contributed by atoms with Crippen LogP contribution in [0.25, 0.3) is 0 Å². The lowest BCUT2D eigenvalue weighted by atomic mass is 9.92. The Balaban J connectivity index is 1.77. The van der Waals surface area contributed by atoms with Crippen molar-refractivity contribution < 1.29 is 9.90 Å². The standard InChI is InChI=1S/C15H29N3O2/c1-2-15(16,14(19)20)7-4-8-17-9-5-11-18-10-3-6-13(18)12-17/h13H,2-12,16H2,1H3,(H,19,20). The van der Waals surface area contributed by atoms with Crippen molar-refractivity contribution in [3.63, 3.8) is 0 Å². The largest absolute Gasteiger partial charge is 0.480 e. The monoisotopic (exact) mass is 283 g/mol. The molecule has 5 nitrogen and oxygen atoms in total. The van der Waals surface area contributed by atoms with Crippen LogP contribution in [-0.4, -0.2) is 65.2 Å². The van der Waals surface area contributed by atoms with Crippen molar-refractivity contribution in [1.82, 2.24) is 9.80 Å². The van der Waals surface area contributed by atoms with E-state index in [-0.39, 0.29) is 0 Å². The smallest absolute Gasteiger partial charge is 0.323 e. The molecule has 0 saturated carbocycles. The Morgan fingerprint density at radius 1 is 1.35 bits per heavy atom. The number of aliphatic carboxylic acids is 1. The summed E-state index contributed by atoms with van der Waals surface area (Å²) in [4.78, 5) is 16.3. The highest BCUT2D eigenvalue weighted by atomic mass is 16.4. The quantitative estimate of drug-likeness (QED) is 0.765. The van der Waals surface area contributed by atoms with Gasteiger partial charge in [-0.15, -0.1) is 0 Å². The highest BCUT2D eigenvalue weighted by Crippen LogP contribution is 2.22. The summed E-state index contributed by atoms with van der Waals surface area (Å²) in [5.41, 5.74) is 4.91. The zero-order chi connectivity index (χ0) is 14.6. The van der Waals surface area contributed by atoms with E-state index in [9.17, 15) is 9.90 Å². The van der Waals surface area contributed by atoms with Gasteiger partial charge in [0.2, 0.25) is 0 Å². The molecule has 116 valence electrons. The molecule has 0 radical (unpaired) electrons. The van der Waals surface area contributed by atoms with E-state index in [4.69, 9.17) is 5.73 Å². The summed E-state index contributed by atoms with van der Waals surface area (Å²) in [6, 6.07) is 0.728. The van der Waals surface area contributed by atoms with E-state index in [0.29, 0.717) is 12.8 Å². The summed E-state index contributed by atoms with van der Waals surface area (Å²) >= 11 is 0. The normalized spacial score (nSPS) is 27.8. The lowest BCUT2D eigenvalue weighted by Gasteiger charge is -2.27. The molecule has 2 heterocycles. The van der Waals surface area contributed by atoms with Crippen LogP contribution in [-0.2, 0) is 4.79 Å². The van der Waals surface area contributed by atoms with E-state index >= 15 is 0 Å². The molecule has 0 aromatic carbocycles. The van der Waals surface area contributed by atoms with Gasteiger partial charge < -0.3 is 15.7 Å². The summed E-state index contributed by atoms with van der Waals surface area (Å²) in [6.07, 6.45) is 5.84. The van der Waals surface area contributed by atoms with Crippen LogP contribution in [0.3, 0.4) is 0 Å². The van der Waals surface area contributed by atoms with Crippen LogP contribution in [0.5, 0.6) is 0 Å². The van der Waals surface area contributed by atoms with Gasteiger partial charge in [-0.3, -0.25) is 9.69 Å². The molecular formula is C15H29N3O2. The van der Waals surface area contributed by atoms with Crippen molar-refractivity contribution in [3.8, 4) is 0 Å². The predicted molar refractivity (Wildman–Crippen MR) is 79.7 cm³/mol. The van der Waals surface area contributed by atoms with Crippen molar-refractivity contribution in [2.45, 2.75) is 57.0 Å². The fourth-order valence-corrected chi connectivity index (χ4v) is 3.54. The number of nitrogens with zero attached hydrogens (tertiary/aromatic N) is 2. The molecule has 20 heavy (non-hydrogen) atoms.